The Kier molecular flexibility index (Phi) is 6.26. The lowest BCUT2D eigenvalue weighted by atomic mass is 9.87. The molecule has 4 amide bonds. The van der Waals surface area contributed by atoms with Crippen LogP contribution in [0.3, 0.4) is 0 Å². The summed E-state index contributed by atoms with van der Waals surface area (Å²) < 4.78 is 4.89. The molecule has 1 aromatic rings. The molecule has 1 atom stereocenters. The predicted octanol–water partition coefficient (Wildman–Crippen LogP) is 1.82. The Bertz CT molecular complexity index is 857. The van der Waals surface area contributed by atoms with Crippen molar-refractivity contribution in [1.82, 2.24) is 15.1 Å². The number of hydrogen-bond acceptors (Lipinski definition) is 6. The summed E-state index contributed by atoms with van der Waals surface area (Å²) in [5.41, 5.74) is -0.384. The van der Waals surface area contributed by atoms with E-state index in [-0.39, 0.29) is 37.3 Å². The van der Waals surface area contributed by atoms with Gasteiger partial charge in [-0.2, -0.15) is 0 Å². The largest absolute Gasteiger partial charge is 0.463 e. The molecule has 9 heteroatoms. The Morgan fingerprint density at radius 1 is 1.17 bits per heavy atom. The molecule has 0 aliphatic carbocycles. The van der Waals surface area contributed by atoms with E-state index in [1.54, 1.807) is 6.92 Å². The summed E-state index contributed by atoms with van der Waals surface area (Å²) in [6.45, 7) is 3.93. The molecule has 0 aromatic heterocycles. The van der Waals surface area contributed by atoms with Gasteiger partial charge in [-0.1, -0.05) is 49.0 Å². The first-order valence-corrected chi connectivity index (χ1v) is 10.4. The quantitative estimate of drug-likeness (QED) is 0.413. The molecular weight excluding hydrogens is 394 g/mol. The van der Waals surface area contributed by atoms with Crippen LogP contribution in [0.4, 0.5) is 4.79 Å². The Labute approximate surface area is 173 Å². The van der Waals surface area contributed by atoms with Gasteiger partial charge in [0.25, 0.3) is 5.91 Å². The fourth-order valence-corrected chi connectivity index (χ4v) is 4.40. The maximum atomic E-state index is 13.1. The fraction of sp³-hybridized carbons (Fsp3) is 0.400. The van der Waals surface area contributed by atoms with Crippen molar-refractivity contribution in [2.45, 2.75) is 25.8 Å². The van der Waals surface area contributed by atoms with E-state index in [0.29, 0.717) is 11.4 Å². The van der Waals surface area contributed by atoms with E-state index in [1.807, 2.05) is 37.3 Å². The number of nitrogens with one attached hydrogen (secondary N) is 1. The van der Waals surface area contributed by atoms with Crippen LogP contribution in [0.5, 0.6) is 0 Å². The minimum atomic E-state index is -1.11. The molecule has 0 bridgehead atoms. The first-order chi connectivity index (χ1) is 13.9. The molecule has 0 saturated carbocycles. The van der Waals surface area contributed by atoms with Gasteiger partial charge in [0.2, 0.25) is 5.91 Å². The smallest absolute Gasteiger partial charge is 0.333 e. The summed E-state index contributed by atoms with van der Waals surface area (Å²) in [4.78, 5) is 52.2. The number of imide groups is 1. The van der Waals surface area contributed by atoms with Crippen LogP contribution in [0.15, 0.2) is 41.4 Å². The van der Waals surface area contributed by atoms with Crippen LogP contribution in [0.25, 0.3) is 0 Å². The fourth-order valence-electron chi connectivity index (χ4n) is 3.44. The second kappa shape index (κ2) is 8.69. The third-order valence-corrected chi connectivity index (χ3v) is 5.98. The Hall–Kier alpha value is -2.81. The van der Waals surface area contributed by atoms with E-state index in [2.05, 4.69) is 5.32 Å². The van der Waals surface area contributed by atoms with Crippen LogP contribution in [0.1, 0.15) is 25.8 Å². The van der Waals surface area contributed by atoms with E-state index in [9.17, 15) is 19.2 Å². The number of ether oxygens (including phenoxy) is 1. The van der Waals surface area contributed by atoms with Gasteiger partial charge in [-0.15, -0.1) is 0 Å². The van der Waals surface area contributed by atoms with Crippen LogP contribution in [0.2, 0.25) is 0 Å². The SMILES string of the molecule is CCOC(=O)/C=C1\SCC(=O)N1CCN1C(=O)N[C@@](CC)(c2ccccc2)C1=O. The van der Waals surface area contributed by atoms with Gasteiger partial charge in [-0.25, -0.2) is 9.59 Å². The molecule has 0 spiro atoms. The minimum absolute atomic E-state index is 0.0334. The lowest BCUT2D eigenvalue weighted by Crippen LogP contribution is -2.44. The Morgan fingerprint density at radius 2 is 1.86 bits per heavy atom. The third kappa shape index (κ3) is 4.00. The summed E-state index contributed by atoms with van der Waals surface area (Å²) in [5, 5.41) is 3.28. The molecule has 2 heterocycles. The van der Waals surface area contributed by atoms with Gasteiger partial charge in [0.05, 0.1) is 23.5 Å². The topological polar surface area (TPSA) is 96.0 Å². The highest BCUT2D eigenvalue weighted by molar-refractivity contribution is 8.04. The highest BCUT2D eigenvalue weighted by Crippen LogP contribution is 2.33. The van der Waals surface area contributed by atoms with E-state index < -0.39 is 17.5 Å². The monoisotopic (exact) mass is 417 g/mol. The van der Waals surface area contributed by atoms with E-state index >= 15 is 0 Å². The average molecular weight is 417 g/mol. The number of hydrogen-bond donors (Lipinski definition) is 1. The van der Waals surface area contributed by atoms with Crippen LogP contribution in [0, 0.1) is 0 Å². The van der Waals surface area contributed by atoms with Crippen LogP contribution in [-0.4, -0.2) is 59.1 Å². The summed E-state index contributed by atoms with van der Waals surface area (Å²) in [7, 11) is 0. The zero-order valence-electron chi connectivity index (χ0n) is 16.3. The summed E-state index contributed by atoms with van der Waals surface area (Å²) in [5.74, 6) is -0.846. The predicted molar refractivity (Wildman–Crippen MR) is 108 cm³/mol. The van der Waals surface area contributed by atoms with Crippen LogP contribution >= 0.6 is 11.8 Å². The molecule has 1 aromatic carbocycles. The molecule has 154 valence electrons. The van der Waals surface area contributed by atoms with E-state index in [4.69, 9.17) is 4.74 Å². The molecule has 29 heavy (non-hydrogen) atoms. The van der Waals surface area contributed by atoms with Crippen molar-refractivity contribution in [3.8, 4) is 0 Å². The first kappa shape index (κ1) is 20.9. The lowest BCUT2D eigenvalue weighted by molar-refractivity contribution is -0.137. The van der Waals surface area contributed by atoms with Crippen molar-refractivity contribution < 1.29 is 23.9 Å². The number of esters is 1. The third-order valence-electron chi connectivity index (χ3n) is 4.96. The number of carbonyl (C=O) groups is 4. The Balaban J connectivity index is 1.75. The Morgan fingerprint density at radius 3 is 2.52 bits per heavy atom. The van der Waals surface area contributed by atoms with E-state index in [0.717, 1.165) is 10.5 Å². The molecule has 2 fully saturated rings. The maximum absolute atomic E-state index is 13.1. The van der Waals surface area contributed by atoms with Crippen molar-refractivity contribution >= 4 is 35.6 Å². The van der Waals surface area contributed by atoms with Gasteiger partial charge in [-0.05, 0) is 18.9 Å². The van der Waals surface area contributed by atoms with Gasteiger partial charge in [0.15, 0.2) is 0 Å². The molecule has 0 unspecified atom stereocenters. The molecule has 2 saturated heterocycles. The first-order valence-electron chi connectivity index (χ1n) is 9.44. The zero-order valence-corrected chi connectivity index (χ0v) is 17.2. The van der Waals surface area contributed by atoms with Crippen molar-refractivity contribution in [2.75, 3.05) is 25.4 Å². The number of thioether (sulfide) groups is 1. The maximum Gasteiger partial charge on any atom is 0.333 e. The molecule has 1 N–H and O–H groups in total. The van der Waals surface area contributed by atoms with Gasteiger partial charge < -0.3 is 15.0 Å². The van der Waals surface area contributed by atoms with E-state index in [1.165, 1.54) is 22.7 Å². The van der Waals surface area contributed by atoms with Crippen molar-refractivity contribution in [3.05, 3.63) is 47.0 Å². The molecule has 2 aliphatic heterocycles. The molecule has 3 rings (SSSR count). The highest BCUT2D eigenvalue weighted by atomic mass is 32.2. The standard InChI is InChI=1S/C20H23N3O5S/c1-3-20(14-8-6-5-7-9-14)18(26)23(19(27)21-20)11-10-22-15(24)13-29-16(22)12-17(25)28-4-2/h5-9,12H,3-4,10-11,13H2,1-2H3,(H,21,27)/b16-12-/t20-/m0/s1. The number of carbonyl (C=O) groups excluding carboxylic acids is 4. The second-order valence-corrected chi connectivity index (χ2v) is 7.58. The van der Waals surface area contributed by atoms with Crippen LogP contribution < -0.4 is 5.32 Å². The summed E-state index contributed by atoms with van der Waals surface area (Å²) in [6, 6.07) is 8.62. The van der Waals surface area contributed by atoms with Crippen LogP contribution in [-0.2, 0) is 24.7 Å². The number of nitrogens with zero attached hydrogens (tertiary/aromatic N) is 2. The number of rotatable bonds is 7. The van der Waals surface area contributed by atoms with Crippen molar-refractivity contribution in [3.63, 3.8) is 0 Å². The molecule has 2 aliphatic rings. The van der Waals surface area contributed by atoms with Gasteiger partial charge in [0.1, 0.15) is 5.54 Å². The van der Waals surface area contributed by atoms with Gasteiger partial charge >= 0.3 is 12.0 Å². The zero-order chi connectivity index (χ0) is 21.0. The average Bonchev–Trinajstić information content (AvgIpc) is 3.18. The lowest BCUT2D eigenvalue weighted by Gasteiger charge is -2.26. The number of amides is 4. The molecular formula is C20H23N3O5S. The molecule has 8 nitrogen and oxygen atoms in total. The van der Waals surface area contributed by atoms with Crippen molar-refractivity contribution in [1.29, 1.82) is 0 Å². The normalized spacial score (nSPS) is 23.1. The molecule has 0 radical (unpaired) electrons. The highest BCUT2D eigenvalue weighted by Gasteiger charge is 2.51. The minimum Gasteiger partial charge on any atom is -0.463 e. The van der Waals surface area contributed by atoms with Gasteiger partial charge in [0, 0.05) is 13.1 Å². The van der Waals surface area contributed by atoms with Gasteiger partial charge in [-0.3, -0.25) is 14.5 Å². The summed E-state index contributed by atoms with van der Waals surface area (Å²) >= 11 is 1.23. The summed E-state index contributed by atoms with van der Waals surface area (Å²) in [6.07, 6.45) is 1.68. The van der Waals surface area contributed by atoms with Crippen molar-refractivity contribution in [2.24, 2.45) is 0 Å². The second-order valence-electron chi connectivity index (χ2n) is 6.58. The number of urea groups is 1. The number of benzene rings is 1.